The summed E-state index contributed by atoms with van der Waals surface area (Å²) in [6.45, 7) is 3.74. The minimum Gasteiger partial charge on any atom is -0.385 e. The van der Waals surface area contributed by atoms with Crippen LogP contribution < -0.4 is 10.6 Å². The maximum atomic E-state index is 13.2. The third kappa shape index (κ3) is 6.63. The average Bonchev–Trinajstić information content (AvgIpc) is 2.85. The molecule has 1 fully saturated rings. The zero-order valence-electron chi connectivity index (χ0n) is 19.7. The first-order chi connectivity index (χ1) is 16.4. The minimum atomic E-state index is -0.710. The van der Waals surface area contributed by atoms with E-state index in [1.165, 1.54) is 24.3 Å². The molecule has 0 aliphatic carbocycles. The molecule has 34 heavy (non-hydrogen) atoms. The smallest absolute Gasteiger partial charge is 0.253 e. The lowest BCUT2D eigenvalue weighted by molar-refractivity contribution is -0.124. The van der Waals surface area contributed by atoms with E-state index in [0.29, 0.717) is 56.6 Å². The van der Waals surface area contributed by atoms with Gasteiger partial charge in [-0.15, -0.1) is 0 Å². The van der Waals surface area contributed by atoms with Gasteiger partial charge in [-0.3, -0.25) is 14.4 Å². The third-order valence-electron chi connectivity index (χ3n) is 6.17. The van der Waals surface area contributed by atoms with Crippen molar-refractivity contribution in [2.24, 2.45) is 5.92 Å². The normalized spacial score (nSPS) is 15.0. The Labute approximate surface area is 199 Å². The van der Waals surface area contributed by atoms with Gasteiger partial charge in [0.1, 0.15) is 11.9 Å². The van der Waals surface area contributed by atoms with Crippen molar-refractivity contribution in [3.05, 3.63) is 71.0 Å². The van der Waals surface area contributed by atoms with E-state index in [-0.39, 0.29) is 29.5 Å². The number of rotatable bonds is 9. The summed E-state index contributed by atoms with van der Waals surface area (Å²) in [5.41, 5.74) is 1.79. The number of nitrogens with zero attached hydrogens (tertiary/aromatic N) is 1. The van der Waals surface area contributed by atoms with E-state index in [0.717, 1.165) is 5.56 Å². The van der Waals surface area contributed by atoms with E-state index in [1.54, 1.807) is 24.1 Å². The maximum Gasteiger partial charge on any atom is 0.253 e. The van der Waals surface area contributed by atoms with Crippen LogP contribution in [0.3, 0.4) is 0 Å². The minimum absolute atomic E-state index is 0.118. The molecule has 0 aromatic heterocycles. The Morgan fingerprint density at radius 3 is 2.41 bits per heavy atom. The molecule has 3 rings (SSSR count). The van der Waals surface area contributed by atoms with Crippen molar-refractivity contribution >= 4 is 17.7 Å². The summed E-state index contributed by atoms with van der Waals surface area (Å²) < 4.78 is 18.2. The third-order valence-corrected chi connectivity index (χ3v) is 6.17. The second-order valence-corrected chi connectivity index (χ2v) is 8.54. The Balaban J connectivity index is 1.67. The Morgan fingerprint density at radius 2 is 1.76 bits per heavy atom. The molecule has 2 N–H and O–H groups in total. The summed E-state index contributed by atoms with van der Waals surface area (Å²) in [5, 5.41) is 5.84. The molecule has 2 aromatic carbocycles. The number of hydrogen-bond donors (Lipinski definition) is 2. The van der Waals surface area contributed by atoms with E-state index >= 15 is 0 Å². The SMILES string of the molecule is COCCCNC(=O)[C@@H](NC(=O)c1ccccc1C)C1CCN(C(=O)c2ccc(F)cc2)CC1. The fourth-order valence-electron chi connectivity index (χ4n) is 4.19. The van der Waals surface area contributed by atoms with Crippen LogP contribution in [0, 0.1) is 18.7 Å². The maximum absolute atomic E-state index is 13.2. The van der Waals surface area contributed by atoms with Crippen molar-refractivity contribution in [2.45, 2.75) is 32.2 Å². The predicted molar refractivity (Wildman–Crippen MR) is 127 cm³/mol. The van der Waals surface area contributed by atoms with Gasteiger partial charge in [0.05, 0.1) is 0 Å². The molecule has 2 aromatic rings. The number of carbonyl (C=O) groups excluding carboxylic acids is 3. The highest BCUT2D eigenvalue weighted by Crippen LogP contribution is 2.23. The average molecular weight is 470 g/mol. The highest BCUT2D eigenvalue weighted by Gasteiger charge is 2.34. The van der Waals surface area contributed by atoms with Crippen LogP contribution >= 0.6 is 0 Å². The van der Waals surface area contributed by atoms with Gasteiger partial charge in [0.2, 0.25) is 5.91 Å². The molecule has 3 amide bonds. The molecule has 0 unspecified atom stereocenters. The topological polar surface area (TPSA) is 87.7 Å². The van der Waals surface area contributed by atoms with Gasteiger partial charge in [0, 0.05) is 44.5 Å². The summed E-state index contributed by atoms with van der Waals surface area (Å²) in [7, 11) is 1.61. The number of likely N-dealkylation sites (tertiary alicyclic amines) is 1. The van der Waals surface area contributed by atoms with Crippen LogP contribution in [-0.2, 0) is 9.53 Å². The number of amides is 3. The van der Waals surface area contributed by atoms with E-state index in [1.807, 2.05) is 19.1 Å². The fourth-order valence-corrected chi connectivity index (χ4v) is 4.19. The molecule has 182 valence electrons. The van der Waals surface area contributed by atoms with Crippen LogP contribution in [0.1, 0.15) is 45.5 Å². The van der Waals surface area contributed by atoms with Gasteiger partial charge in [-0.1, -0.05) is 18.2 Å². The summed E-state index contributed by atoms with van der Waals surface area (Å²) in [6.07, 6.45) is 1.81. The zero-order valence-corrected chi connectivity index (χ0v) is 19.7. The van der Waals surface area contributed by atoms with Crippen molar-refractivity contribution in [2.75, 3.05) is 33.4 Å². The Hall–Kier alpha value is -3.26. The standard InChI is InChI=1S/C26H32FN3O4/c1-18-6-3-4-7-22(18)24(31)29-23(25(32)28-14-5-17-34-2)19-12-15-30(16-13-19)26(33)20-8-10-21(27)11-9-20/h3-4,6-11,19,23H,5,12-17H2,1-2H3,(H,28,32)(H,29,31)/t23-/m0/s1. The van der Waals surface area contributed by atoms with Crippen molar-refractivity contribution in [3.8, 4) is 0 Å². The monoisotopic (exact) mass is 469 g/mol. The van der Waals surface area contributed by atoms with Gasteiger partial charge >= 0.3 is 0 Å². The molecule has 8 heteroatoms. The fraction of sp³-hybridized carbons (Fsp3) is 0.423. The largest absolute Gasteiger partial charge is 0.385 e. The highest BCUT2D eigenvalue weighted by atomic mass is 19.1. The number of benzene rings is 2. The number of carbonyl (C=O) groups is 3. The molecule has 1 heterocycles. The summed E-state index contributed by atoms with van der Waals surface area (Å²) in [6, 6.07) is 12.0. The lowest BCUT2D eigenvalue weighted by atomic mass is 9.88. The van der Waals surface area contributed by atoms with Crippen molar-refractivity contribution in [1.29, 1.82) is 0 Å². The molecule has 7 nitrogen and oxygen atoms in total. The second-order valence-electron chi connectivity index (χ2n) is 8.54. The summed E-state index contributed by atoms with van der Waals surface area (Å²) >= 11 is 0. The van der Waals surface area contributed by atoms with Gasteiger partial charge < -0.3 is 20.3 Å². The number of nitrogens with one attached hydrogen (secondary N) is 2. The van der Waals surface area contributed by atoms with Crippen LogP contribution in [0.4, 0.5) is 4.39 Å². The van der Waals surface area contributed by atoms with Crippen LogP contribution in [0.15, 0.2) is 48.5 Å². The molecular weight excluding hydrogens is 437 g/mol. The van der Waals surface area contributed by atoms with E-state index in [4.69, 9.17) is 4.74 Å². The quantitative estimate of drug-likeness (QED) is 0.553. The summed E-state index contributed by atoms with van der Waals surface area (Å²) in [4.78, 5) is 40.5. The molecule has 0 spiro atoms. The Morgan fingerprint density at radius 1 is 1.09 bits per heavy atom. The van der Waals surface area contributed by atoms with E-state index in [2.05, 4.69) is 10.6 Å². The van der Waals surface area contributed by atoms with Crippen LogP contribution in [0.2, 0.25) is 0 Å². The first kappa shape index (κ1) is 25.4. The number of ether oxygens (including phenoxy) is 1. The van der Waals surface area contributed by atoms with Crippen LogP contribution in [0.5, 0.6) is 0 Å². The van der Waals surface area contributed by atoms with Gasteiger partial charge in [-0.2, -0.15) is 0 Å². The molecule has 0 saturated carbocycles. The number of methoxy groups -OCH3 is 1. The van der Waals surface area contributed by atoms with Gasteiger partial charge in [-0.05, 0) is 68.0 Å². The van der Waals surface area contributed by atoms with Crippen molar-refractivity contribution in [1.82, 2.24) is 15.5 Å². The number of halogens is 1. The van der Waals surface area contributed by atoms with Gasteiger partial charge in [0.15, 0.2) is 0 Å². The summed E-state index contributed by atoms with van der Waals surface area (Å²) in [5.74, 6) is -1.20. The number of aryl methyl sites for hydroxylation is 1. The lowest BCUT2D eigenvalue weighted by Gasteiger charge is -2.36. The predicted octanol–water partition coefficient (Wildman–Crippen LogP) is 2.94. The van der Waals surface area contributed by atoms with Crippen LogP contribution in [0.25, 0.3) is 0 Å². The van der Waals surface area contributed by atoms with Gasteiger partial charge in [-0.25, -0.2) is 4.39 Å². The lowest BCUT2D eigenvalue weighted by Crippen LogP contribution is -2.54. The van der Waals surface area contributed by atoms with Crippen LogP contribution in [-0.4, -0.2) is 62.0 Å². The molecule has 1 aliphatic rings. The second kappa shape index (κ2) is 12.3. The molecule has 0 radical (unpaired) electrons. The Bertz CT molecular complexity index is 988. The van der Waals surface area contributed by atoms with E-state index in [9.17, 15) is 18.8 Å². The number of hydrogen-bond acceptors (Lipinski definition) is 4. The first-order valence-corrected chi connectivity index (χ1v) is 11.6. The molecule has 1 saturated heterocycles. The van der Waals surface area contributed by atoms with E-state index < -0.39 is 6.04 Å². The van der Waals surface area contributed by atoms with Crippen molar-refractivity contribution in [3.63, 3.8) is 0 Å². The van der Waals surface area contributed by atoms with Gasteiger partial charge in [0.25, 0.3) is 11.8 Å². The molecule has 1 aliphatic heterocycles. The van der Waals surface area contributed by atoms with Crippen molar-refractivity contribution < 1.29 is 23.5 Å². The Kier molecular flexibility index (Phi) is 9.16. The highest BCUT2D eigenvalue weighted by molar-refractivity contribution is 5.98. The molecule has 0 bridgehead atoms. The molecular formula is C26H32FN3O4. The first-order valence-electron chi connectivity index (χ1n) is 11.6. The number of piperidine rings is 1. The zero-order chi connectivity index (χ0) is 24.5. The molecule has 1 atom stereocenters.